The first-order valence-corrected chi connectivity index (χ1v) is 7.08. The lowest BCUT2D eigenvalue weighted by atomic mass is 10.1. The molecule has 3 nitrogen and oxygen atoms in total. The Morgan fingerprint density at radius 3 is 2.33 bits per heavy atom. The number of rotatable bonds is 6. The van der Waals surface area contributed by atoms with Gasteiger partial charge in [-0.15, -0.1) is 0 Å². The zero-order chi connectivity index (χ0) is 15.1. The van der Waals surface area contributed by atoms with Crippen LogP contribution in [0.5, 0.6) is 5.75 Å². The summed E-state index contributed by atoms with van der Waals surface area (Å²) >= 11 is 0. The third kappa shape index (κ3) is 5.04. The Morgan fingerprint density at radius 1 is 1.05 bits per heavy atom. The van der Waals surface area contributed by atoms with Gasteiger partial charge in [0.05, 0.1) is 13.2 Å². The van der Waals surface area contributed by atoms with Gasteiger partial charge in [-0.25, -0.2) is 0 Å². The van der Waals surface area contributed by atoms with Crippen molar-refractivity contribution >= 4 is 6.21 Å². The molecule has 0 aromatic heterocycles. The van der Waals surface area contributed by atoms with E-state index in [2.05, 4.69) is 37.0 Å². The van der Waals surface area contributed by atoms with Gasteiger partial charge < -0.3 is 9.84 Å². The number of ether oxygens (including phenoxy) is 1. The molecule has 0 aliphatic rings. The number of aliphatic imine (C=N–C) groups is 1. The van der Waals surface area contributed by atoms with E-state index < -0.39 is 0 Å². The number of benzene rings is 2. The summed E-state index contributed by atoms with van der Waals surface area (Å²) in [6.45, 7) is 5.27. The molecular formula is C18H21NO2. The van der Waals surface area contributed by atoms with Crippen molar-refractivity contribution in [3.05, 3.63) is 64.7 Å². The van der Waals surface area contributed by atoms with E-state index in [1.807, 2.05) is 24.3 Å². The van der Waals surface area contributed by atoms with Gasteiger partial charge in [0.25, 0.3) is 0 Å². The molecule has 0 atom stereocenters. The van der Waals surface area contributed by atoms with Crippen LogP contribution >= 0.6 is 0 Å². The number of aliphatic hydroxyl groups excluding tert-OH is 1. The summed E-state index contributed by atoms with van der Waals surface area (Å²) < 4.78 is 5.80. The fraction of sp³-hybridized carbons (Fsp3) is 0.278. The van der Waals surface area contributed by atoms with Crippen LogP contribution in [-0.2, 0) is 6.61 Å². The summed E-state index contributed by atoms with van der Waals surface area (Å²) in [7, 11) is 0. The molecule has 0 heterocycles. The number of aryl methyl sites for hydroxylation is 2. The molecule has 2 aromatic rings. The zero-order valence-corrected chi connectivity index (χ0v) is 12.5. The molecule has 0 unspecified atom stereocenters. The lowest BCUT2D eigenvalue weighted by molar-refractivity contribution is 0.306. The van der Waals surface area contributed by atoms with E-state index in [4.69, 9.17) is 9.84 Å². The SMILES string of the molecule is Cc1cc(C)cc(COc2ccc(/C=N/CCO)cc2)c1. The maximum atomic E-state index is 8.67. The summed E-state index contributed by atoms with van der Waals surface area (Å²) in [6.07, 6.45) is 1.75. The maximum absolute atomic E-state index is 8.67. The van der Waals surface area contributed by atoms with Gasteiger partial charge in [0, 0.05) is 6.21 Å². The monoisotopic (exact) mass is 283 g/mol. The zero-order valence-electron chi connectivity index (χ0n) is 12.5. The summed E-state index contributed by atoms with van der Waals surface area (Å²) in [4.78, 5) is 4.09. The van der Waals surface area contributed by atoms with E-state index in [9.17, 15) is 0 Å². The number of aliphatic hydroxyl groups is 1. The van der Waals surface area contributed by atoms with Gasteiger partial charge >= 0.3 is 0 Å². The van der Waals surface area contributed by atoms with Crippen molar-refractivity contribution in [1.29, 1.82) is 0 Å². The van der Waals surface area contributed by atoms with Crippen LogP contribution in [0.3, 0.4) is 0 Å². The molecule has 0 aliphatic heterocycles. The summed E-state index contributed by atoms with van der Waals surface area (Å²) in [5.41, 5.74) is 4.69. The number of nitrogens with zero attached hydrogens (tertiary/aromatic N) is 1. The Balaban J connectivity index is 1.94. The first-order valence-electron chi connectivity index (χ1n) is 7.08. The van der Waals surface area contributed by atoms with E-state index in [0.717, 1.165) is 11.3 Å². The highest BCUT2D eigenvalue weighted by molar-refractivity contribution is 5.79. The van der Waals surface area contributed by atoms with Crippen LogP contribution in [0, 0.1) is 13.8 Å². The maximum Gasteiger partial charge on any atom is 0.119 e. The fourth-order valence-electron chi connectivity index (χ4n) is 2.20. The highest BCUT2D eigenvalue weighted by Gasteiger charge is 1.98. The van der Waals surface area contributed by atoms with Gasteiger partial charge in [0.15, 0.2) is 0 Å². The summed E-state index contributed by atoms with van der Waals surface area (Å²) in [6, 6.07) is 14.2. The van der Waals surface area contributed by atoms with Crippen LogP contribution < -0.4 is 4.74 Å². The third-order valence-corrected chi connectivity index (χ3v) is 3.04. The van der Waals surface area contributed by atoms with Gasteiger partial charge in [-0.05, 0) is 49.2 Å². The van der Waals surface area contributed by atoms with Crippen LogP contribution in [0.15, 0.2) is 47.5 Å². The molecule has 21 heavy (non-hydrogen) atoms. The van der Waals surface area contributed by atoms with Crippen molar-refractivity contribution in [3.63, 3.8) is 0 Å². The Kier molecular flexibility index (Phi) is 5.52. The normalized spacial score (nSPS) is 11.0. The quantitative estimate of drug-likeness (QED) is 0.827. The van der Waals surface area contributed by atoms with Gasteiger partial charge in [-0.1, -0.05) is 29.3 Å². The molecule has 0 fully saturated rings. The van der Waals surface area contributed by atoms with Crippen LogP contribution in [0.1, 0.15) is 22.3 Å². The van der Waals surface area contributed by atoms with Crippen molar-refractivity contribution < 1.29 is 9.84 Å². The predicted molar refractivity (Wildman–Crippen MR) is 86.2 cm³/mol. The molecular weight excluding hydrogens is 262 g/mol. The predicted octanol–water partition coefficient (Wildman–Crippen LogP) is 3.29. The van der Waals surface area contributed by atoms with Crippen molar-refractivity contribution in [1.82, 2.24) is 0 Å². The lowest BCUT2D eigenvalue weighted by Gasteiger charge is -2.08. The van der Waals surface area contributed by atoms with E-state index in [1.165, 1.54) is 16.7 Å². The Morgan fingerprint density at radius 2 is 1.71 bits per heavy atom. The minimum absolute atomic E-state index is 0.0770. The fourth-order valence-corrected chi connectivity index (χ4v) is 2.20. The van der Waals surface area contributed by atoms with E-state index in [1.54, 1.807) is 6.21 Å². The minimum atomic E-state index is 0.0770. The molecule has 0 radical (unpaired) electrons. The Bertz CT molecular complexity index is 583. The molecule has 2 rings (SSSR count). The van der Waals surface area contributed by atoms with Crippen LogP contribution in [-0.4, -0.2) is 24.5 Å². The molecule has 1 N–H and O–H groups in total. The first kappa shape index (κ1) is 15.3. The van der Waals surface area contributed by atoms with Gasteiger partial charge in [-0.2, -0.15) is 0 Å². The molecule has 110 valence electrons. The lowest BCUT2D eigenvalue weighted by Crippen LogP contribution is -1.97. The van der Waals surface area contributed by atoms with Crippen LogP contribution in [0.4, 0.5) is 0 Å². The van der Waals surface area contributed by atoms with Gasteiger partial charge in [-0.3, -0.25) is 4.99 Å². The molecule has 0 spiro atoms. The Hall–Kier alpha value is -2.13. The molecule has 0 aliphatic carbocycles. The smallest absolute Gasteiger partial charge is 0.119 e. The third-order valence-electron chi connectivity index (χ3n) is 3.04. The number of hydrogen-bond donors (Lipinski definition) is 1. The average molecular weight is 283 g/mol. The highest BCUT2D eigenvalue weighted by Crippen LogP contribution is 2.15. The number of hydrogen-bond acceptors (Lipinski definition) is 3. The van der Waals surface area contributed by atoms with Crippen molar-refractivity contribution in [2.24, 2.45) is 4.99 Å². The highest BCUT2D eigenvalue weighted by atomic mass is 16.5. The second kappa shape index (κ2) is 7.60. The summed E-state index contributed by atoms with van der Waals surface area (Å²) in [5.74, 6) is 0.841. The van der Waals surface area contributed by atoms with E-state index in [-0.39, 0.29) is 6.61 Å². The molecule has 0 amide bonds. The minimum Gasteiger partial charge on any atom is -0.489 e. The van der Waals surface area contributed by atoms with Crippen molar-refractivity contribution in [3.8, 4) is 5.75 Å². The standard InChI is InChI=1S/C18H21NO2/c1-14-9-15(2)11-17(10-14)13-21-18-5-3-16(4-6-18)12-19-7-8-20/h3-6,9-12,20H,7-8,13H2,1-2H3/b19-12+. The van der Waals surface area contributed by atoms with Crippen molar-refractivity contribution in [2.75, 3.05) is 13.2 Å². The average Bonchev–Trinajstić information content (AvgIpc) is 2.46. The second-order valence-electron chi connectivity index (χ2n) is 5.11. The topological polar surface area (TPSA) is 41.8 Å². The van der Waals surface area contributed by atoms with Gasteiger partial charge in [0.2, 0.25) is 0 Å². The molecule has 0 saturated carbocycles. The van der Waals surface area contributed by atoms with Gasteiger partial charge in [0.1, 0.15) is 12.4 Å². The molecule has 0 saturated heterocycles. The Labute approximate surface area is 125 Å². The van der Waals surface area contributed by atoms with Crippen LogP contribution in [0.2, 0.25) is 0 Å². The molecule has 3 heteroatoms. The molecule has 2 aromatic carbocycles. The second-order valence-corrected chi connectivity index (χ2v) is 5.11. The van der Waals surface area contributed by atoms with Crippen LogP contribution in [0.25, 0.3) is 0 Å². The molecule has 0 bridgehead atoms. The van der Waals surface area contributed by atoms with Crippen molar-refractivity contribution in [2.45, 2.75) is 20.5 Å². The first-order chi connectivity index (χ1) is 10.2. The largest absolute Gasteiger partial charge is 0.489 e. The van der Waals surface area contributed by atoms with E-state index in [0.29, 0.717) is 13.2 Å². The van der Waals surface area contributed by atoms with E-state index >= 15 is 0 Å². The summed E-state index contributed by atoms with van der Waals surface area (Å²) in [5, 5.41) is 8.67.